The molecule has 1 rings (SSSR count). The molecule has 1 aromatic rings. The Hall–Kier alpha value is -0.995. The van der Waals surface area contributed by atoms with Crippen molar-refractivity contribution in [3.05, 3.63) is 23.8 Å². The normalized spacial score (nSPS) is 10.5. The molecule has 0 aliphatic heterocycles. The van der Waals surface area contributed by atoms with Gasteiger partial charge in [-0.25, -0.2) is 0 Å². The van der Waals surface area contributed by atoms with Gasteiger partial charge in [-0.2, -0.15) is 0 Å². The van der Waals surface area contributed by atoms with Crippen LogP contribution in [-0.2, 0) is 0 Å². The van der Waals surface area contributed by atoms with Crippen LogP contribution in [0, 0.1) is 0 Å². The Morgan fingerprint density at radius 3 is 2.31 bits per heavy atom. The zero-order chi connectivity index (χ0) is 10.0. The lowest BCUT2D eigenvalue weighted by atomic mass is 9.77. The fourth-order valence-corrected chi connectivity index (χ4v) is 1.25. The van der Waals surface area contributed by atoms with E-state index in [9.17, 15) is 5.11 Å². The van der Waals surface area contributed by atoms with E-state index in [0.717, 1.165) is 5.56 Å². The van der Waals surface area contributed by atoms with Crippen LogP contribution in [-0.4, -0.2) is 22.3 Å². The summed E-state index contributed by atoms with van der Waals surface area (Å²) in [6.07, 6.45) is 0. The van der Waals surface area contributed by atoms with E-state index >= 15 is 0 Å². The molecule has 0 amide bonds. The SMILES string of the molecule is CC(C)c1cccc(B(O)O)c1O. The summed E-state index contributed by atoms with van der Waals surface area (Å²) in [5.74, 6) is 0.145. The molecule has 0 aliphatic rings. The average Bonchev–Trinajstić information content (AvgIpc) is 2.03. The second-order valence-corrected chi connectivity index (χ2v) is 3.31. The largest absolute Gasteiger partial charge is 0.508 e. The standard InChI is InChI=1S/C9H13BO3/c1-6(2)7-4-3-5-8(9(7)11)10(12)13/h3-6,11-13H,1-2H3. The summed E-state index contributed by atoms with van der Waals surface area (Å²) in [4.78, 5) is 0. The summed E-state index contributed by atoms with van der Waals surface area (Å²) >= 11 is 0. The van der Waals surface area contributed by atoms with Gasteiger partial charge in [0.2, 0.25) is 0 Å². The summed E-state index contributed by atoms with van der Waals surface area (Å²) in [5.41, 5.74) is 0.886. The van der Waals surface area contributed by atoms with Crippen molar-refractivity contribution in [1.82, 2.24) is 0 Å². The van der Waals surface area contributed by atoms with Crippen molar-refractivity contribution in [2.24, 2.45) is 0 Å². The van der Waals surface area contributed by atoms with E-state index in [2.05, 4.69) is 0 Å². The van der Waals surface area contributed by atoms with E-state index in [1.54, 1.807) is 12.1 Å². The van der Waals surface area contributed by atoms with Crippen molar-refractivity contribution in [3.8, 4) is 5.75 Å². The van der Waals surface area contributed by atoms with Gasteiger partial charge in [0.15, 0.2) is 0 Å². The van der Waals surface area contributed by atoms with Crippen molar-refractivity contribution in [3.63, 3.8) is 0 Å². The van der Waals surface area contributed by atoms with Crippen LogP contribution in [0.25, 0.3) is 0 Å². The highest BCUT2D eigenvalue weighted by molar-refractivity contribution is 6.59. The molecule has 0 saturated carbocycles. The Morgan fingerprint density at radius 1 is 1.23 bits per heavy atom. The first-order valence-corrected chi connectivity index (χ1v) is 4.22. The summed E-state index contributed by atoms with van der Waals surface area (Å²) in [7, 11) is -1.61. The molecule has 0 aromatic heterocycles. The van der Waals surface area contributed by atoms with Gasteiger partial charge in [0.1, 0.15) is 5.75 Å². The lowest BCUT2D eigenvalue weighted by molar-refractivity contribution is 0.418. The van der Waals surface area contributed by atoms with Crippen LogP contribution in [0.3, 0.4) is 0 Å². The minimum absolute atomic E-state index is 0.0208. The number of benzene rings is 1. The van der Waals surface area contributed by atoms with Gasteiger partial charge in [0.05, 0.1) is 0 Å². The molecule has 0 atom stereocenters. The molecule has 0 bridgehead atoms. The van der Waals surface area contributed by atoms with Gasteiger partial charge < -0.3 is 15.2 Å². The molecule has 0 saturated heterocycles. The smallest absolute Gasteiger partial charge is 0.492 e. The van der Waals surface area contributed by atoms with Gasteiger partial charge in [-0.1, -0.05) is 32.0 Å². The van der Waals surface area contributed by atoms with E-state index < -0.39 is 7.12 Å². The van der Waals surface area contributed by atoms with Crippen LogP contribution >= 0.6 is 0 Å². The van der Waals surface area contributed by atoms with Crippen molar-refractivity contribution in [2.45, 2.75) is 19.8 Å². The molecule has 0 spiro atoms. The fraction of sp³-hybridized carbons (Fsp3) is 0.333. The lowest BCUT2D eigenvalue weighted by Gasteiger charge is -2.11. The molecule has 1 aromatic carbocycles. The first-order valence-electron chi connectivity index (χ1n) is 4.22. The predicted molar refractivity (Wildman–Crippen MR) is 52.0 cm³/mol. The van der Waals surface area contributed by atoms with Gasteiger partial charge in [-0.15, -0.1) is 0 Å². The van der Waals surface area contributed by atoms with Crippen LogP contribution in [0.15, 0.2) is 18.2 Å². The maximum absolute atomic E-state index is 9.61. The highest BCUT2D eigenvalue weighted by Gasteiger charge is 2.18. The maximum atomic E-state index is 9.61. The number of phenols is 1. The van der Waals surface area contributed by atoms with Crippen LogP contribution in [0.2, 0.25) is 0 Å². The van der Waals surface area contributed by atoms with Gasteiger partial charge >= 0.3 is 7.12 Å². The molecule has 0 heterocycles. The van der Waals surface area contributed by atoms with Gasteiger partial charge in [-0.05, 0) is 11.5 Å². The summed E-state index contributed by atoms with van der Waals surface area (Å²) < 4.78 is 0. The predicted octanol–water partition coefficient (Wildman–Crippen LogP) is 0.195. The molecular formula is C9H13BO3. The Kier molecular flexibility index (Phi) is 2.96. The monoisotopic (exact) mass is 180 g/mol. The highest BCUT2D eigenvalue weighted by Crippen LogP contribution is 2.22. The molecule has 70 valence electrons. The topological polar surface area (TPSA) is 60.7 Å². The number of rotatable bonds is 2. The van der Waals surface area contributed by atoms with Crippen LogP contribution in [0.1, 0.15) is 25.3 Å². The second kappa shape index (κ2) is 3.81. The maximum Gasteiger partial charge on any atom is 0.492 e. The van der Waals surface area contributed by atoms with E-state index in [4.69, 9.17) is 10.0 Å². The van der Waals surface area contributed by atoms with E-state index in [1.807, 2.05) is 13.8 Å². The van der Waals surface area contributed by atoms with Gasteiger partial charge in [-0.3, -0.25) is 0 Å². The number of hydrogen-bond acceptors (Lipinski definition) is 3. The molecule has 3 nitrogen and oxygen atoms in total. The third-order valence-corrected chi connectivity index (χ3v) is 2.00. The molecule has 0 radical (unpaired) electrons. The molecule has 13 heavy (non-hydrogen) atoms. The Bertz CT molecular complexity index is 271. The number of aromatic hydroxyl groups is 1. The first kappa shape index (κ1) is 10.1. The average molecular weight is 180 g/mol. The zero-order valence-electron chi connectivity index (χ0n) is 7.73. The van der Waals surface area contributed by atoms with Crippen molar-refractivity contribution in [1.29, 1.82) is 0 Å². The highest BCUT2D eigenvalue weighted by atomic mass is 16.4. The summed E-state index contributed by atoms with van der Waals surface area (Å²) in [6, 6.07) is 4.96. The molecular weight excluding hydrogens is 167 g/mol. The number of phenolic OH excluding ortho intramolecular Hbond substituents is 1. The summed E-state index contributed by atoms with van der Waals surface area (Å²) in [5, 5.41) is 27.4. The molecule has 4 heteroatoms. The van der Waals surface area contributed by atoms with E-state index in [-0.39, 0.29) is 17.1 Å². The van der Waals surface area contributed by atoms with Gasteiger partial charge in [0, 0.05) is 5.46 Å². The quantitative estimate of drug-likeness (QED) is 0.569. The molecule has 0 unspecified atom stereocenters. The van der Waals surface area contributed by atoms with Crippen molar-refractivity contribution >= 4 is 12.6 Å². The molecule has 3 N–H and O–H groups in total. The minimum atomic E-state index is -1.61. The number of hydrogen-bond donors (Lipinski definition) is 3. The molecule has 0 fully saturated rings. The van der Waals surface area contributed by atoms with Crippen LogP contribution < -0.4 is 5.46 Å². The van der Waals surface area contributed by atoms with Crippen molar-refractivity contribution < 1.29 is 15.2 Å². The van der Waals surface area contributed by atoms with Crippen LogP contribution in [0.5, 0.6) is 5.75 Å². The summed E-state index contributed by atoms with van der Waals surface area (Å²) in [6.45, 7) is 3.87. The Balaban J connectivity index is 3.18. The van der Waals surface area contributed by atoms with E-state index in [0.29, 0.717) is 0 Å². The van der Waals surface area contributed by atoms with E-state index in [1.165, 1.54) is 6.07 Å². The Morgan fingerprint density at radius 2 is 1.85 bits per heavy atom. The van der Waals surface area contributed by atoms with Crippen LogP contribution in [0.4, 0.5) is 0 Å². The van der Waals surface area contributed by atoms with Gasteiger partial charge in [0.25, 0.3) is 0 Å². The minimum Gasteiger partial charge on any atom is -0.508 e. The lowest BCUT2D eigenvalue weighted by Crippen LogP contribution is -2.30. The first-order chi connectivity index (χ1) is 6.04. The van der Waals surface area contributed by atoms with Crippen molar-refractivity contribution in [2.75, 3.05) is 0 Å². The number of para-hydroxylation sites is 1. The zero-order valence-corrected chi connectivity index (χ0v) is 7.73. The second-order valence-electron chi connectivity index (χ2n) is 3.31. The Labute approximate surface area is 77.8 Å². The molecule has 0 aliphatic carbocycles. The fourth-order valence-electron chi connectivity index (χ4n) is 1.25. The third kappa shape index (κ3) is 2.02. The third-order valence-electron chi connectivity index (χ3n) is 2.00.